The van der Waals surface area contributed by atoms with Gasteiger partial charge in [0, 0.05) is 32.4 Å². The van der Waals surface area contributed by atoms with Crippen molar-refractivity contribution in [2.24, 2.45) is 16.9 Å². The van der Waals surface area contributed by atoms with E-state index in [1.54, 1.807) is 23.2 Å². The van der Waals surface area contributed by atoms with Crippen LogP contribution in [-0.2, 0) is 4.79 Å². The van der Waals surface area contributed by atoms with Gasteiger partial charge in [-0.2, -0.15) is 0 Å². The largest absolute Gasteiger partial charge is 0.365 e. The Morgan fingerprint density at radius 2 is 1.83 bits per heavy atom. The van der Waals surface area contributed by atoms with E-state index in [-0.39, 0.29) is 11.3 Å². The van der Waals surface area contributed by atoms with E-state index in [2.05, 4.69) is 4.98 Å². The highest BCUT2D eigenvalue weighted by Crippen LogP contribution is 2.22. The number of pyridine rings is 1. The first-order chi connectivity index (χ1) is 10.7. The zero-order valence-electron chi connectivity index (χ0n) is 14.0. The van der Waals surface area contributed by atoms with E-state index < -0.39 is 11.9 Å². The van der Waals surface area contributed by atoms with Gasteiger partial charge in [-0.05, 0) is 17.5 Å². The fourth-order valence-corrected chi connectivity index (χ4v) is 2.55. The summed E-state index contributed by atoms with van der Waals surface area (Å²) in [7, 11) is 0. The number of nitrogens with zero attached hydrogens (tertiary/aromatic N) is 3. The minimum atomic E-state index is -0.523. The number of anilines is 1. The van der Waals surface area contributed by atoms with Crippen molar-refractivity contribution in [3.8, 4) is 0 Å². The summed E-state index contributed by atoms with van der Waals surface area (Å²) in [6.45, 7) is 8.17. The molecule has 0 aliphatic carbocycles. The van der Waals surface area contributed by atoms with E-state index >= 15 is 0 Å². The Morgan fingerprint density at radius 3 is 2.35 bits per heavy atom. The average molecular weight is 319 g/mol. The lowest BCUT2D eigenvalue weighted by Gasteiger charge is -2.38. The number of hydrogen-bond donors (Lipinski definition) is 2. The molecular weight excluding hydrogens is 294 g/mol. The molecule has 1 saturated heterocycles. The van der Waals surface area contributed by atoms with Crippen LogP contribution in [0.25, 0.3) is 0 Å². The maximum Gasteiger partial charge on any atom is 0.252 e. The Bertz CT molecular complexity index is 588. The molecule has 7 nitrogen and oxygen atoms in total. The average Bonchev–Trinajstić information content (AvgIpc) is 2.52. The van der Waals surface area contributed by atoms with E-state index in [0.29, 0.717) is 37.6 Å². The first-order valence-electron chi connectivity index (χ1n) is 7.76. The number of hydrogen-bond acceptors (Lipinski definition) is 5. The molecule has 0 spiro atoms. The van der Waals surface area contributed by atoms with Gasteiger partial charge in [0.1, 0.15) is 5.82 Å². The van der Waals surface area contributed by atoms with Crippen LogP contribution in [0.2, 0.25) is 0 Å². The summed E-state index contributed by atoms with van der Waals surface area (Å²) in [6.07, 6.45) is 1.63. The van der Waals surface area contributed by atoms with Crippen molar-refractivity contribution in [3.63, 3.8) is 0 Å². The van der Waals surface area contributed by atoms with Crippen LogP contribution in [0.1, 0.15) is 31.1 Å². The number of carbonyl (C=O) groups excluding carboxylic acids is 2. The lowest BCUT2D eigenvalue weighted by molar-refractivity contribution is -0.135. The van der Waals surface area contributed by atoms with Crippen LogP contribution < -0.4 is 16.4 Å². The highest BCUT2D eigenvalue weighted by Gasteiger charge is 2.33. The third-order valence-electron chi connectivity index (χ3n) is 4.14. The van der Waals surface area contributed by atoms with Gasteiger partial charge in [0.25, 0.3) is 5.91 Å². The summed E-state index contributed by atoms with van der Waals surface area (Å²) in [4.78, 5) is 32.0. The molecule has 0 unspecified atom stereocenters. The fourth-order valence-electron chi connectivity index (χ4n) is 2.55. The first-order valence-corrected chi connectivity index (χ1v) is 7.76. The topological polar surface area (TPSA) is 106 Å². The van der Waals surface area contributed by atoms with Crippen molar-refractivity contribution in [3.05, 3.63) is 23.9 Å². The number of amides is 2. The Hall–Kier alpha value is -2.15. The van der Waals surface area contributed by atoms with E-state index in [4.69, 9.17) is 11.5 Å². The monoisotopic (exact) mass is 319 g/mol. The van der Waals surface area contributed by atoms with E-state index in [9.17, 15) is 9.59 Å². The summed E-state index contributed by atoms with van der Waals surface area (Å²) in [5.74, 6) is 0.0434. The van der Waals surface area contributed by atoms with Gasteiger partial charge in [0.2, 0.25) is 5.91 Å². The maximum atomic E-state index is 12.5. The predicted octanol–water partition coefficient (Wildman–Crippen LogP) is 0.203. The molecule has 0 bridgehead atoms. The molecule has 1 atom stereocenters. The van der Waals surface area contributed by atoms with Gasteiger partial charge < -0.3 is 21.3 Å². The molecule has 1 aromatic rings. The van der Waals surface area contributed by atoms with E-state index in [0.717, 1.165) is 0 Å². The highest BCUT2D eigenvalue weighted by molar-refractivity contribution is 5.97. The van der Waals surface area contributed by atoms with Crippen LogP contribution in [0.15, 0.2) is 18.3 Å². The number of carbonyl (C=O) groups is 2. The maximum absolute atomic E-state index is 12.5. The zero-order valence-corrected chi connectivity index (χ0v) is 14.0. The Balaban J connectivity index is 2.05. The van der Waals surface area contributed by atoms with Crippen LogP contribution in [0.5, 0.6) is 0 Å². The van der Waals surface area contributed by atoms with Crippen molar-refractivity contribution in [1.29, 1.82) is 0 Å². The molecule has 2 amide bonds. The summed E-state index contributed by atoms with van der Waals surface area (Å²) in [5, 5.41) is 0. The molecule has 23 heavy (non-hydrogen) atoms. The second-order valence-electron chi connectivity index (χ2n) is 6.89. The third-order valence-corrected chi connectivity index (χ3v) is 4.14. The van der Waals surface area contributed by atoms with Crippen molar-refractivity contribution >= 4 is 17.6 Å². The quantitative estimate of drug-likeness (QED) is 0.828. The molecule has 1 aliphatic heterocycles. The number of rotatable bonds is 3. The van der Waals surface area contributed by atoms with E-state index in [1.807, 2.05) is 25.7 Å². The number of piperazine rings is 1. The fraction of sp³-hybridized carbons (Fsp3) is 0.562. The van der Waals surface area contributed by atoms with Gasteiger partial charge in [-0.15, -0.1) is 0 Å². The SMILES string of the molecule is CC(C)(C)[C@H](N)C(=O)N1CCN(c2ncccc2C(N)=O)CC1. The summed E-state index contributed by atoms with van der Waals surface area (Å²) in [5.41, 5.74) is 11.6. The number of nitrogens with two attached hydrogens (primary N) is 2. The minimum Gasteiger partial charge on any atom is -0.365 e. The van der Waals surface area contributed by atoms with Crippen molar-refractivity contribution in [2.45, 2.75) is 26.8 Å². The zero-order chi connectivity index (χ0) is 17.2. The third kappa shape index (κ3) is 3.79. The summed E-state index contributed by atoms with van der Waals surface area (Å²) < 4.78 is 0. The van der Waals surface area contributed by atoms with Crippen LogP contribution in [0.3, 0.4) is 0 Å². The van der Waals surface area contributed by atoms with Crippen LogP contribution in [-0.4, -0.2) is 53.9 Å². The molecule has 2 rings (SSSR count). The van der Waals surface area contributed by atoms with Crippen LogP contribution in [0.4, 0.5) is 5.82 Å². The molecule has 1 aromatic heterocycles. The minimum absolute atomic E-state index is 0.0340. The molecule has 0 radical (unpaired) electrons. The molecule has 2 heterocycles. The summed E-state index contributed by atoms with van der Waals surface area (Å²) >= 11 is 0. The lowest BCUT2D eigenvalue weighted by atomic mass is 9.86. The predicted molar refractivity (Wildman–Crippen MR) is 89.0 cm³/mol. The molecule has 126 valence electrons. The standard InChI is InChI=1S/C16H25N5O2/c1-16(2,3)12(17)15(23)21-9-7-20(8-10-21)14-11(13(18)22)5-4-6-19-14/h4-6,12H,7-10,17H2,1-3H3,(H2,18,22)/t12-/m1/s1. The molecule has 0 aromatic carbocycles. The van der Waals surface area contributed by atoms with Crippen molar-refractivity contribution < 1.29 is 9.59 Å². The highest BCUT2D eigenvalue weighted by atomic mass is 16.2. The molecular formula is C16H25N5O2. The molecule has 1 aliphatic rings. The van der Waals surface area contributed by atoms with Gasteiger partial charge >= 0.3 is 0 Å². The van der Waals surface area contributed by atoms with Crippen LogP contribution >= 0.6 is 0 Å². The number of aromatic nitrogens is 1. The van der Waals surface area contributed by atoms with Gasteiger partial charge in [0.15, 0.2) is 0 Å². The van der Waals surface area contributed by atoms with Crippen LogP contribution in [0, 0.1) is 5.41 Å². The van der Waals surface area contributed by atoms with Crippen molar-refractivity contribution in [1.82, 2.24) is 9.88 Å². The molecule has 7 heteroatoms. The lowest BCUT2D eigenvalue weighted by Crippen LogP contribution is -2.56. The summed E-state index contributed by atoms with van der Waals surface area (Å²) in [6, 6.07) is 2.83. The van der Waals surface area contributed by atoms with Gasteiger partial charge in [0.05, 0.1) is 11.6 Å². The second-order valence-corrected chi connectivity index (χ2v) is 6.89. The van der Waals surface area contributed by atoms with Gasteiger partial charge in [-0.25, -0.2) is 4.98 Å². The first kappa shape index (κ1) is 17.2. The Kier molecular flexibility index (Phi) is 4.89. The van der Waals surface area contributed by atoms with Gasteiger partial charge in [-0.3, -0.25) is 9.59 Å². The Morgan fingerprint density at radius 1 is 1.22 bits per heavy atom. The normalized spacial score (nSPS) is 17.0. The molecule has 0 saturated carbocycles. The smallest absolute Gasteiger partial charge is 0.252 e. The van der Waals surface area contributed by atoms with Gasteiger partial charge in [-0.1, -0.05) is 20.8 Å². The molecule has 1 fully saturated rings. The second kappa shape index (κ2) is 6.54. The van der Waals surface area contributed by atoms with E-state index in [1.165, 1.54) is 0 Å². The molecule has 4 N–H and O–H groups in total. The Labute approximate surface area is 136 Å². The van der Waals surface area contributed by atoms with Crippen molar-refractivity contribution in [2.75, 3.05) is 31.1 Å². The number of primary amides is 1.